The van der Waals surface area contributed by atoms with E-state index in [0.29, 0.717) is 5.69 Å². The van der Waals surface area contributed by atoms with E-state index in [-0.39, 0.29) is 31.0 Å². The van der Waals surface area contributed by atoms with Crippen molar-refractivity contribution in [1.29, 1.82) is 0 Å². The van der Waals surface area contributed by atoms with Gasteiger partial charge in [0.2, 0.25) is 5.91 Å². The zero-order valence-electron chi connectivity index (χ0n) is 24.3. The zero-order valence-corrected chi connectivity index (χ0v) is 28.4. The number of rotatable bonds is 6. The Labute approximate surface area is 277 Å². The van der Waals surface area contributed by atoms with Crippen molar-refractivity contribution in [3.05, 3.63) is 127 Å². The first-order valence-corrected chi connectivity index (χ1v) is 14.3. The summed E-state index contributed by atoms with van der Waals surface area (Å²) in [6.07, 6.45) is 12.5. The number of hydrogen-bond donors (Lipinski definition) is 1. The second-order valence-corrected chi connectivity index (χ2v) is 9.60. The smallest absolute Gasteiger partial charge is 0.497 e. The fourth-order valence-corrected chi connectivity index (χ4v) is 3.81. The minimum absolute atomic E-state index is 0. The van der Waals surface area contributed by atoms with Crippen molar-refractivity contribution in [2.75, 3.05) is 17.8 Å². The fourth-order valence-electron chi connectivity index (χ4n) is 3.67. The number of nitrogens with one attached hydrogen (secondary N) is 1. The zero-order chi connectivity index (χ0) is 30.4. The number of aromatic nitrogens is 7. The molecule has 6 aromatic rings. The molecular formula is C32H30BrN8O2Os. The van der Waals surface area contributed by atoms with Crippen LogP contribution in [-0.4, -0.2) is 52.9 Å². The Morgan fingerprint density at radius 3 is 1.93 bits per heavy atom. The summed E-state index contributed by atoms with van der Waals surface area (Å²) in [5.74, 6) is 2.35. The second kappa shape index (κ2) is 17.6. The Balaban J connectivity index is 0.000000185. The number of pyridine rings is 3. The van der Waals surface area contributed by atoms with E-state index in [2.05, 4.69) is 52.5 Å². The summed E-state index contributed by atoms with van der Waals surface area (Å²) in [5.41, 5.74) is 4.63. The molecule has 1 amide bonds. The molecule has 6 rings (SSSR count). The van der Waals surface area contributed by atoms with Crippen molar-refractivity contribution < 1.29 is 29.3 Å². The first-order valence-electron chi connectivity index (χ1n) is 13.2. The van der Waals surface area contributed by atoms with E-state index in [9.17, 15) is 4.79 Å². The summed E-state index contributed by atoms with van der Waals surface area (Å²) in [6.45, 7) is 4.07. The molecule has 0 aliphatic heterocycles. The van der Waals surface area contributed by atoms with Crippen LogP contribution in [-0.2, 0) is 24.6 Å². The summed E-state index contributed by atoms with van der Waals surface area (Å²) < 4.78 is 8.64. The first kappa shape index (κ1) is 34.0. The van der Waals surface area contributed by atoms with Crippen LogP contribution in [0.3, 0.4) is 0 Å². The van der Waals surface area contributed by atoms with Gasteiger partial charge in [-0.2, -0.15) is 10.2 Å². The molecule has 0 saturated carbocycles. The largest absolute Gasteiger partial charge is 1.00 e. The predicted octanol–water partition coefficient (Wildman–Crippen LogP) is 6.04. The average molecular weight is 829 g/mol. The topological polar surface area (TPSA) is 113 Å². The summed E-state index contributed by atoms with van der Waals surface area (Å²) >= 11 is 3.11. The van der Waals surface area contributed by atoms with E-state index in [4.69, 9.17) is 4.74 Å². The van der Waals surface area contributed by atoms with Gasteiger partial charge in [0.15, 0.2) is 11.6 Å². The molecule has 0 unspecified atom stereocenters. The van der Waals surface area contributed by atoms with Crippen molar-refractivity contribution in [2.24, 2.45) is 0 Å². The fraction of sp³-hybridized carbons (Fsp3) is 0.125. The number of aryl methyl sites for hydroxylation is 2. The minimum atomic E-state index is -0.101. The van der Waals surface area contributed by atoms with Gasteiger partial charge in [-0.05, 0) is 84.9 Å². The third-order valence-corrected chi connectivity index (χ3v) is 6.24. The number of carbonyl (C=O) groups is 1. The Morgan fingerprint density at radius 1 is 0.841 bits per heavy atom. The van der Waals surface area contributed by atoms with Gasteiger partial charge in [-0.3, -0.25) is 4.79 Å². The summed E-state index contributed by atoms with van der Waals surface area (Å²) in [4.78, 5) is 24.0. The van der Waals surface area contributed by atoms with Crippen LogP contribution in [0, 0.1) is 19.9 Å². The number of halogens is 1. The molecule has 0 bridgehead atoms. The minimum Gasteiger partial charge on any atom is -0.497 e. The molecule has 0 saturated heterocycles. The number of amides is 1. The van der Waals surface area contributed by atoms with Crippen LogP contribution in [0.5, 0.6) is 5.75 Å². The molecular weight excluding hydrogens is 799 g/mol. The predicted molar refractivity (Wildman–Crippen MR) is 170 cm³/mol. The maximum absolute atomic E-state index is 11.3. The van der Waals surface area contributed by atoms with Crippen LogP contribution >= 0.6 is 15.9 Å². The van der Waals surface area contributed by atoms with Crippen LogP contribution in [0.4, 0.5) is 5.69 Å². The number of hydrogen-bond acceptors (Lipinski definition) is 7. The number of methoxy groups -OCH3 is 1. The average Bonchev–Trinajstić information content (AvgIpc) is 3.78. The summed E-state index contributed by atoms with van der Waals surface area (Å²) in [7, 11) is 1.61. The molecule has 0 aliphatic carbocycles. The van der Waals surface area contributed by atoms with Crippen LogP contribution in [0.25, 0.3) is 22.9 Å². The van der Waals surface area contributed by atoms with Gasteiger partial charge in [-0.25, -0.2) is 19.3 Å². The van der Waals surface area contributed by atoms with Crippen molar-refractivity contribution >= 4 is 27.5 Å². The molecule has 44 heavy (non-hydrogen) atoms. The quantitative estimate of drug-likeness (QED) is 0.161. The maximum Gasteiger partial charge on any atom is 1.00 e. The normalized spacial score (nSPS) is 9.82. The molecule has 1 N–H and O–H groups in total. The van der Waals surface area contributed by atoms with Crippen LogP contribution in [0.2, 0.25) is 0 Å². The van der Waals surface area contributed by atoms with E-state index >= 15 is 0 Å². The molecule has 12 heteroatoms. The van der Waals surface area contributed by atoms with Gasteiger partial charge in [0.25, 0.3) is 0 Å². The standard InChI is InChI=1S/C14H12BrN2O2.2C9H9N3.Os/c1-19-12-5-6-16-13(8-12)10-3-2-4-11(7-10)17-14(18)9-15;2*1-8-3-5-10-9(7-8)12-6-2-4-11-12;/h2,4-8H,9H2,1H3,(H,17,18);2*2-7H,1H3;/q-1;;;+1. The van der Waals surface area contributed by atoms with Gasteiger partial charge in [0, 0.05) is 43.4 Å². The Bertz CT molecular complexity index is 1650. The number of anilines is 1. The van der Waals surface area contributed by atoms with Gasteiger partial charge >= 0.3 is 19.8 Å². The molecule has 0 fully saturated rings. The molecule has 10 nitrogen and oxygen atoms in total. The van der Waals surface area contributed by atoms with Gasteiger partial charge in [0.05, 0.1) is 12.4 Å². The van der Waals surface area contributed by atoms with Crippen LogP contribution in [0.1, 0.15) is 11.1 Å². The molecule has 0 atom stereocenters. The van der Waals surface area contributed by atoms with Crippen LogP contribution < -0.4 is 10.1 Å². The molecule has 1 radical (unpaired) electrons. The number of ether oxygens (including phenoxy) is 1. The van der Waals surface area contributed by atoms with Crippen molar-refractivity contribution in [2.45, 2.75) is 13.8 Å². The van der Waals surface area contributed by atoms with Gasteiger partial charge in [-0.1, -0.05) is 15.9 Å². The third kappa shape index (κ3) is 10.3. The Morgan fingerprint density at radius 2 is 1.43 bits per heavy atom. The molecule has 1 aromatic carbocycles. The molecule has 5 aromatic heterocycles. The van der Waals surface area contributed by atoms with E-state index in [1.807, 2.05) is 74.8 Å². The Hall–Kier alpha value is -4.52. The Kier molecular flexibility index (Phi) is 13.6. The van der Waals surface area contributed by atoms with Crippen molar-refractivity contribution in [3.63, 3.8) is 0 Å². The van der Waals surface area contributed by atoms with E-state index in [1.54, 1.807) is 65.7 Å². The van der Waals surface area contributed by atoms with Crippen LogP contribution in [0.15, 0.2) is 110 Å². The van der Waals surface area contributed by atoms with Gasteiger partial charge in [-0.15, -0.1) is 29.8 Å². The SMILES string of the molecule is COc1ccnc(-c2[c-]ccc(NC(=O)CBr)c2)c1.Cc1ccnc(-n2cccn2)c1.Cc1ccnc(-n2cccn2)c1.[Os+]. The monoisotopic (exact) mass is 829 g/mol. The van der Waals surface area contributed by atoms with Gasteiger partial charge in [0.1, 0.15) is 5.75 Å². The summed E-state index contributed by atoms with van der Waals surface area (Å²) in [6, 6.07) is 23.7. The second-order valence-electron chi connectivity index (χ2n) is 9.04. The number of alkyl halides is 1. The summed E-state index contributed by atoms with van der Waals surface area (Å²) in [5, 5.41) is 11.2. The first-order chi connectivity index (χ1) is 20.9. The van der Waals surface area contributed by atoms with E-state index < -0.39 is 0 Å². The number of benzene rings is 1. The van der Waals surface area contributed by atoms with Crippen molar-refractivity contribution in [1.82, 2.24) is 34.5 Å². The maximum atomic E-state index is 11.3. The molecule has 0 spiro atoms. The molecule has 0 aliphatic rings. The number of carbonyl (C=O) groups excluding carboxylic acids is 1. The van der Waals surface area contributed by atoms with E-state index in [1.165, 1.54) is 11.1 Å². The van der Waals surface area contributed by atoms with Crippen molar-refractivity contribution in [3.8, 4) is 28.6 Å². The van der Waals surface area contributed by atoms with Gasteiger partial charge < -0.3 is 15.0 Å². The third-order valence-electron chi connectivity index (χ3n) is 5.73. The molecule has 5 heterocycles. The molecule has 225 valence electrons. The number of nitrogens with zero attached hydrogens (tertiary/aromatic N) is 7. The van der Waals surface area contributed by atoms with E-state index in [0.717, 1.165) is 28.6 Å².